The maximum atomic E-state index is 13.4. The second-order valence-corrected chi connectivity index (χ2v) is 12.6. The van der Waals surface area contributed by atoms with Gasteiger partial charge < -0.3 is 20.7 Å². The minimum absolute atomic E-state index is 0.0273. The molecule has 2 aromatic rings. The molecule has 0 saturated heterocycles. The molecule has 8 nitrogen and oxygen atoms in total. The summed E-state index contributed by atoms with van der Waals surface area (Å²) in [6.07, 6.45) is 1.73. The predicted molar refractivity (Wildman–Crippen MR) is 143 cm³/mol. The molecule has 5 atom stereocenters. The predicted octanol–water partition coefficient (Wildman–Crippen LogP) is 6.11. The topological polar surface area (TPSA) is 112 Å². The van der Waals surface area contributed by atoms with E-state index in [1.165, 1.54) is 18.3 Å². The third-order valence-corrected chi connectivity index (χ3v) is 8.38. The van der Waals surface area contributed by atoms with E-state index in [1.54, 1.807) is 6.07 Å². The Labute approximate surface area is 232 Å². The molecular weight excluding hydrogens is 521 g/mol. The van der Waals surface area contributed by atoms with E-state index in [9.17, 15) is 23.2 Å². The number of nitrogens with one attached hydrogen (secondary N) is 3. The number of halogens is 3. The summed E-state index contributed by atoms with van der Waals surface area (Å²) in [6.45, 7) is 6.08. The van der Waals surface area contributed by atoms with E-state index in [4.69, 9.17) is 4.74 Å². The van der Waals surface area contributed by atoms with Crippen LogP contribution >= 0.6 is 0 Å². The molecule has 3 unspecified atom stereocenters. The van der Waals surface area contributed by atoms with Gasteiger partial charge in [0.2, 0.25) is 5.95 Å². The van der Waals surface area contributed by atoms with Crippen molar-refractivity contribution in [3.63, 3.8) is 0 Å². The first-order chi connectivity index (χ1) is 18.8. The van der Waals surface area contributed by atoms with E-state index in [-0.39, 0.29) is 41.2 Å². The molecule has 0 aliphatic heterocycles. The number of nitrogens with zero attached hydrogens (tertiary/aromatic N) is 3. The van der Waals surface area contributed by atoms with Gasteiger partial charge in [-0.05, 0) is 87.7 Å². The normalized spacial score (nSPS) is 27.1. The van der Waals surface area contributed by atoms with Gasteiger partial charge in [-0.15, -0.1) is 0 Å². The Kier molecular flexibility index (Phi) is 7.31. The maximum Gasteiger partial charge on any atom is 0.416 e. The number of hydrogen-bond donors (Lipinski definition) is 3. The zero-order valence-electron chi connectivity index (χ0n) is 22.9. The summed E-state index contributed by atoms with van der Waals surface area (Å²) in [4.78, 5) is 21.1. The second kappa shape index (κ2) is 10.5. The van der Waals surface area contributed by atoms with Crippen molar-refractivity contribution in [1.82, 2.24) is 15.3 Å². The van der Waals surface area contributed by atoms with Crippen LogP contribution in [-0.2, 0) is 17.5 Å². The molecule has 1 amide bonds. The Morgan fingerprint density at radius 2 is 1.82 bits per heavy atom. The van der Waals surface area contributed by atoms with E-state index < -0.39 is 17.3 Å². The van der Waals surface area contributed by atoms with Crippen LogP contribution in [0.25, 0.3) is 0 Å². The fraction of sp³-hybridized carbons (Fsp3) is 0.586. The zero-order valence-corrected chi connectivity index (χ0v) is 22.9. The van der Waals surface area contributed by atoms with Crippen molar-refractivity contribution in [2.24, 2.45) is 23.2 Å². The zero-order chi connectivity index (χ0) is 28.7. The molecule has 4 bridgehead atoms. The van der Waals surface area contributed by atoms with E-state index in [1.807, 2.05) is 20.8 Å². The van der Waals surface area contributed by atoms with Crippen LogP contribution in [0.4, 0.5) is 29.7 Å². The molecule has 4 aliphatic rings. The number of rotatable bonds is 7. The molecule has 4 saturated carbocycles. The summed E-state index contributed by atoms with van der Waals surface area (Å²) in [7, 11) is 0. The van der Waals surface area contributed by atoms with Crippen LogP contribution in [-0.4, -0.2) is 34.2 Å². The summed E-state index contributed by atoms with van der Waals surface area (Å²) in [5, 5.41) is 19.0. The van der Waals surface area contributed by atoms with Crippen molar-refractivity contribution in [1.29, 1.82) is 5.26 Å². The van der Waals surface area contributed by atoms with Crippen molar-refractivity contribution in [3.05, 3.63) is 47.2 Å². The van der Waals surface area contributed by atoms with Gasteiger partial charge in [0.05, 0.1) is 11.8 Å². The number of carbonyl (C=O) groups excluding carboxylic acids is 1. The monoisotopic (exact) mass is 556 g/mol. The lowest BCUT2D eigenvalue weighted by molar-refractivity contribution is -0.138. The van der Waals surface area contributed by atoms with Gasteiger partial charge in [0.15, 0.2) is 0 Å². The van der Waals surface area contributed by atoms with Crippen LogP contribution in [0.1, 0.15) is 69.6 Å². The molecule has 6 rings (SSSR count). The van der Waals surface area contributed by atoms with Gasteiger partial charge in [0.25, 0.3) is 0 Å². The number of benzene rings is 1. The SMILES string of the molecule is CC(C)(C)OC(=O)NC1[C@@H]2CC3C[C@H]1CC(CNc1nc(NCc4ccccc4C(F)(F)F)ncc1C#N)(C3)C2. The molecule has 1 heterocycles. The molecule has 4 aliphatic carbocycles. The number of alkyl halides is 3. The van der Waals surface area contributed by atoms with Crippen LogP contribution < -0.4 is 16.0 Å². The maximum absolute atomic E-state index is 13.4. The molecule has 40 heavy (non-hydrogen) atoms. The number of aromatic nitrogens is 2. The van der Waals surface area contributed by atoms with Crippen LogP contribution in [0.3, 0.4) is 0 Å². The van der Waals surface area contributed by atoms with Gasteiger partial charge in [0, 0.05) is 19.1 Å². The third-order valence-electron chi connectivity index (χ3n) is 8.38. The Morgan fingerprint density at radius 1 is 1.12 bits per heavy atom. The smallest absolute Gasteiger partial charge is 0.416 e. The van der Waals surface area contributed by atoms with Crippen molar-refractivity contribution in [3.8, 4) is 6.07 Å². The summed E-state index contributed by atoms with van der Waals surface area (Å²) < 4.78 is 45.6. The highest BCUT2D eigenvalue weighted by molar-refractivity contribution is 5.68. The molecule has 1 aromatic heterocycles. The second-order valence-electron chi connectivity index (χ2n) is 12.6. The molecule has 11 heteroatoms. The van der Waals surface area contributed by atoms with Gasteiger partial charge >= 0.3 is 12.3 Å². The fourth-order valence-corrected chi connectivity index (χ4v) is 7.17. The average molecular weight is 557 g/mol. The van der Waals surface area contributed by atoms with Crippen molar-refractivity contribution >= 4 is 17.9 Å². The minimum Gasteiger partial charge on any atom is -0.444 e. The highest BCUT2D eigenvalue weighted by atomic mass is 19.4. The number of anilines is 2. The average Bonchev–Trinajstić information content (AvgIpc) is 2.86. The van der Waals surface area contributed by atoms with E-state index in [2.05, 4.69) is 32.0 Å². The number of hydrogen-bond acceptors (Lipinski definition) is 7. The van der Waals surface area contributed by atoms with Crippen molar-refractivity contribution in [2.75, 3.05) is 17.2 Å². The van der Waals surface area contributed by atoms with Crippen LogP contribution in [0, 0.1) is 34.5 Å². The fourth-order valence-electron chi connectivity index (χ4n) is 7.17. The number of ether oxygens (including phenoxy) is 1. The Balaban J connectivity index is 1.25. The van der Waals surface area contributed by atoms with Crippen molar-refractivity contribution < 1.29 is 22.7 Å². The highest BCUT2D eigenvalue weighted by Gasteiger charge is 2.55. The van der Waals surface area contributed by atoms with Gasteiger partial charge in [0.1, 0.15) is 23.1 Å². The van der Waals surface area contributed by atoms with E-state index >= 15 is 0 Å². The number of amides is 1. The van der Waals surface area contributed by atoms with Gasteiger partial charge in [-0.3, -0.25) is 0 Å². The van der Waals surface area contributed by atoms with Gasteiger partial charge in [-0.25, -0.2) is 9.78 Å². The first-order valence-corrected chi connectivity index (χ1v) is 13.7. The van der Waals surface area contributed by atoms with Crippen molar-refractivity contribution in [2.45, 2.75) is 77.2 Å². The first kappa shape index (κ1) is 28.0. The molecule has 214 valence electrons. The number of alkyl carbamates (subject to hydrolysis) is 1. The summed E-state index contributed by atoms with van der Waals surface area (Å²) in [6, 6.07) is 7.57. The van der Waals surface area contributed by atoms with Gasteiger partial charge in [-0.1, -0.05) is 18.2 Å². The van der Waals surface area contributed by atoms with Crippen LogP contribution in [0.2, 0.25) is 0 Å². The standard InChI is InChI=1S/C29H35F3N6O2/c1-27(2,3)40-26(39)37-23-19-8-17-9-20(23)12-28(10-17,11-19)16-36-24-21(13-33)15-35-25(38-24)34-14-18-6-4-5-7-22(18)29(30,31)32/h4-7,15,17,19-20,23H,8-12,14,16H2,1-3H3,(H,37,39)(H2,34,35,36,38)/t17?,19-,20+,23?,28?. The molecule has 1 aromatic carbocycles. The molecule has 0 radical (unpaired) electrons. The largest absolute Gasteiger partial charge is 0.444 e. The third kappa shape index (κ3) is 6.11. The lowest BCUT2D eigenvalue weighted by atomic mass is 9.48. The number of nitriles is 1. The number of carbonyl (C=O) groups is 1. The highest BCUT2D eigenvalue weighted by Crippen LogP contribution is 2.60. The Bertz CT molecular complexity index is 1290. The lowest BCUT2D eigenvalue weighted by Crippen LogP contribution is -2.60. The summed E-state index contributed by atoms with van der Waals surface area (Å²) in [5.41, 5.74) is -0.877. The minimum atomic E-state index is -4.46. The van der Waals surface area contributed by atoms with Crippen LogP contribution in [0.15, 0.2) is 30.5 Å². The van der Waals surface area contributed by atoms with Crippen LogP contribution in [0.5, 0.6) is 0 Å². The Morgan fingerprint density at radius 3 is 2.48 bits per heavy atom. The molecular formula is C29H35F3N6O2. The molecule has 4 fully saturated rings. The van der Waals surface area contributed by atoms with E-state index in [0.717, 1.165) is 38.2 Å². The lowest BCUT2D eigenvalue weighted by Gasteiger charge is -2.60. The summed E-state index contributed by atoms with van der Waals surface area (Å²) in [5.74, 6) is 1.84. The van der Waals surface area contributed by atoms with Gasteiger partial charge in [-0.2, -0.15) is 23.4 Å². The molecule has 0 spiro atoms. The molecule has 3 N–H and O–H groups in total. The Hall–Kier alpha value is -3.55. The first-order valence-electron chi connectivity index (χ1n) is 13.7. The summed E-state index contributed by atoms with van der Waals surface area (Å²) >= 11 is 0. The quantitative estimate of drug-likeness (QED) is 0.377. The van der Waals surface area contributed by atoms with E-state index in [0.29, 0.717) is 30.1 Å².